The maximum atomic E-state index is 11.6. The van der Waals surface area contributed by atoms with E-state index in [0.29, 0.717) is 19.0 Å². The van der Waals surface area contributed by atoms with Crippen molar-refractivity contribution in [2.75, 3.05) is 59.4 Å². The monoisotopic (exact) mass is 338 g/mol. The number of likely N-dealkylation sites (tertiary alicyclic amines) is 1. The van der Waals surface area contributed by atoms with Gasteiger partial charge < -0.3 is 20.4 Å². The van der Waals surface area contributed by atoms with E-state index in [0.717, 1.165) is 38.7 Å². The lowest BCUT2D eigenvalue weighted by Crippen LogP contribution is -2.44. The van der Waals surface area contributed by atoms with Gasteiger partial charge in [-0.3, -0.25) is 14.7 Å². The fraction of sp³-hybridized carbons (Fsp3) is 0.812. The average Bonchev–Trinajstić information content (AvgIpc) is 3.17. The van der Waals surface area contributed by atoms with Crippen molar-refractivity contribution in [3.05, 3.63) is 0 Å². The van der Waals surface area contributed by atoms with Crippen LogP contribution in [0.1, 0.15) is 20.3 Å². The van der Waals surface area contributed by atoms with Gasteiger partial charge in [0.2, 0.25) is 5.91 Å². The van der Waals surface area contributed by atoms with Crippen LogP contribution in [0.25, 0.3) is 0 Å². The summed E-state index contributed by atoms with van der Waals surface area (Å²) in [4.78, 5) is 33.4. The van der Waals surface area contributed by atoms with E-state index in [2.05, 4.69) is 39.3 Å². The molecule has 0 aliphatic carbocycles. The summed E-state index contributed by atoms with van der Waals surface area (Å²) in [5, 5.41) is 5.80. The van der Waals surface area contributed by atoms with Crippen molar-refractivity contribution < 1.29 is 9.59 Å². The number of aliphatic imine (C=N–C) groups is 1. The first-order valence-electron chi connectivity index (χ1n) is 8.85. The molecule has 0 saturated carbocycles. The van der Waals surface area contributed by atoms with Crippen LogP contribution in [0.5, 0.6) is 0 Å². The average molecular weight is 338 g/mol. The molecule has 3 amide bonds. The molecule has 2 aliphatic heterocycles. The molecule has 1 atom stereocenters. The molecule has 136 valence electrons. The topological polar surface area (TPSA) is 80.3 Å². The van der Waals surface area contributed by atoms with Crippen LogP contribution in [-0.2, 0) is 4.79 Å². The van der Waals surface area contributed by atoms with E-state index < -0.39 is 0 Å². The Morgan fingerprint density at radius 3 is 2.71 bits per heavy atom. The number of hydrogen-bond donors (Lipinski definition) is 2. The predicted molar refractivity (Wildman–Crippen MR) is 93.9 cm³/mol. The Kier molecular flexibility index (Phi) is 6.84. The third kappa shape index (κ3) is 4.59. The van der Waals surface area contributed by atoms with E-state index in [1.54, 1.807) is 7.05 Å². The number of urea groups is 1. The van der Waals surface area contributed by atoms with Crippen molar-refractivity contribution in [3.8, 4) is 0 Å². The first-order chi connectivity index (χ1) is 11.6. The summed E-state index contributed by atoms with van der Waals surface area (Å²) in [6.45, 7) is 10.7. The molecule has 2 aliphatic rings. The molecule has 0 spiro atoms. The zero-order valence-corrected chi connectivity index (χ0v) is 15.0. The number of guanidine groups is 1. The third-order valence-electron chi connectivity index (χ3n) is 4.76. The second-order valence-electron chi connectivity index (χ2n) is 6.26. The largest absolute Gasteiger partial charge is 0.354 e. The summed E-state index contributed by atoms with van der Waals surface area (Å²) in [5.41, 5.74) is 0. The lowest BCUT2D eigenvalue weighted by atomic mass is 10.1. The highest BCUT2D eigenvalue weighted by Gasteiger charge is 2.29. The van der Waals surface area contributed by atoms with E-state index in [9.17, 15) is 9.59 Å². The molecule has 8 heteroatoms. The Labute approximate surface area is 144 Å². The molecule has 0 aromatic carbocycles. The van der Waals surface area contributed by atoms with Gasteiger partial charge in [0, 0.05) is 39.8 Å². The highest BCUT2D eigenvalue weighted by Crippen LogP contribution is 2.17. The summed E-state index contributed by atoms with van der Waals surface area (Å²) in [5.74, 6) is 1.34. The molecule has 24 heavy (non-hydrogen) atoms. The van der Waals surface area contributed by atoms with E-state index >= 15 is 0 Å². The summed E-state index contributed by atoms with van der Waals surface area (Å²) in [6.07, 6.45) is 1.17. The molecule has 8 nitrogen and oxygen atoms in total. The van der Waals surface area contributed by atoms with Crippen LogP contribution in [0.15, 0.2) is 4.99 Å². The Hall–Kier alpha value is -1.83. The second kappa shape index (κ2) is 8.86. The maximum absolute atomic E-state index is 11.6. The first-order valence-corrected chi connectivity index (χ1v) is 8.85. The van der Waals surface area contributed by atoms with Crippen LogP contribution >= 0.6 is 0 Å². The van der Waals surface area contributed by atoms with Crippen molar-refractivity contribution in [2.45, 2.75) is 20.3 Å². The third-order valence-corrected chi connectivity index (χ3v) is 4.76. The predicted octanol–water partition coefficient (Wildman–Crippen LogP) is -0.223. The summed E-state index contributed by atoms with van der Waals surface area (Å²) in [6, 6.07) is -0.308. The van der Waals surface area contributed by atoms with E-state index in [-0.39, 0.29) is 18.5 Å². The van der Waals surface area contributed by atoms with Gasteiger partial charge in [0.25, 0.3) is 0 Å². The zero-order valence-electron chi connectivity index (χ0n) is 15.0. The van der Waals surface area contributed by atoms with E-state index in [1.165, 1.54) is 11.3 Å². The number of amides is 3. The van der Waals surface area contributed by atoms with Crippen LogP contribution in [-0.4, -0.2) is 92.0 Å². The Morgan fingerprint density at radius 2 is 2.12 bits per heavy atom. The fourth-order valence-electron chi connectivity index (χ4n) is 3.31. The molecule has 2 saturated heterocycles. The van der Waals surface area contributed by atoms with Gasteiger partial charge in [0.1, 0.15) is 0 Å². The molecule has 0 aromatic heterocycles. The molecule has 2 fully saturated rings. The van der Waals surface area contributed by atoms with E-state index in [1.807, 2.05) is 0 Å². The highest BCUT2D eigenvalue weighted by molar-refractivity contribution is 6.01. The van der Waals surface area contributed by atoms with Crippen LogP contribution < -0.4 is 10.6 Å². The number of carbonyl (C=O) groups is 2. The minimum atomic E-state index is -0.308. The van der Waals surface area contributed by atoms with Gasteiger partial charge in [-0.1, -0.05) is 13.8 Å². The smallest absolute Gasteiger partial charge is 0.324 e. The molecule has 0 bridgehead atoms. The van der Waals surface area contributed by atoms with Gasteiger partial charge >= 0.3 is 6.03 Å². The minimum Gasteiger partial charge on any atom is -0.354 e. The summed E-state index contributed by atoms with van der Waals surface area (Å²) in [7, 11) is 1.77. The SMILES string of the molecule is CCN(CC)CC1CCN(C(=NC)NCCN2C(=O)CNC2=O)C1. The molecular formula is C16H30N6O2. The van der Waals surface area contributed by atoms with Gasteiger partial charge in [-0.05, 0) is 25.4 Å². The summed E-state index contributed by atoms with van der Waals surface area (Å²) >= 11 is 0. The Bertz CT molecular complexity index is 461. The Balaban J connectivity index is 1.76. The second-order valence-corrected chi connectivity index (χ2v) is 6.26. The van der Waals surface area contributed by atoms with Crippen LogP contribution in [0.2, 0.25) is 0 Å². The number of rotatable bonds is 7. The highest BCUT2D eigenvalue weighted by atomic mass is 16.2. The maximum Gasteiger partial charge on any atom is 0.324 e. The van der Waals surface area contributed by atoms with Crippen LogP contribution in [0.3, 0.4) is 0 Å². The van der Waals surface area contributed by atoms with Crippen molar-refractivity contribution in [3.63, 3.8) is 0 Å². The number of imide groups is 1. The molecule has 1 unspecified atom stereocenters. The van der Waals surface area contributed by atoms with Crippen molar-refractivity contribution >= 4 is 17.9 Å². The zero-order chi connectivity index (χ0) is 17.5. The van der Waals surface area contributed by atoms with Crippen molar-refractivity contribution in [1.82, 2.24) is 25.3 Å². The van der Waals surface area contributed by atoms with Gasteiger partial charge in [-0.2, -0.15) is 0 Å². The molecule has 0 aromatic rings. The minimum absolute atomic E-state index is 0.104. The molecule has 2 N–H and O–H groups in total. The van der Waals surface area contributed by atoms with Gasteiger partial charge in [-0.25, -0.2) is 4.79 Å². The lowest BCUT2D eigenvalue weighted by Gasteiger charge is -2.24. The summed E-state index contributed by atoms with van der Waals surface area (Å²) < 4.78 is 0. The normalized spacial score (nSPS) is 21.8. The standard InChI is InChI=1S/C16H30N6O2/c1-4-20(5-2)11-13-6-8-21(12-13)15(17-3)18-7-9-22-14(23)10-19-16(22)24/h13H,4-12H2,1-3H3,(H,17,18)(H,19,24). The quantitative estimate of drug-likeness (QED) is 0.381. The first kappa shape index (κ1) is 18.5. The number of nitrogens with zero attached hydrogens (tertiary/aromatic N) is 4. The Morgan fingerprint density at radius 1 is 1.38 bits per heavy atom. The van der Waals surface area contributed by atoms with Gasteiger partial charge in [0.15, 0.2) is 5.96 Å². The van der Waals surface area contributed by atoms with Crippen LogP contribution in [0, 0.1) is 5.92 Å². The number of nitrogens with one attached hydrogen (secondary N) is 2. The van der Waals surface area contributed by atoms with E-state index in [4.69, 9.17) is 0 Å². The van der Waals surface area contributed by atoms with Crippen molar-refractivity contribution in [1.29, 1.82) is 0 Å². The number of carbonyl (C=O) groups excluding carboxylic acids is 2. The van der Waals surface area contributed by atoms with Crippen LogP contribution in [0.4, 0.5) is 4.79 Å². The molecular weight excluding hydrogens is 308 g/mol. The fourth-order valence-corrected chi connectivity index (χ4v) is 3.31. The lowest BCUT2D eigenvalue weighted by molar-refractivity contribution is -0.124. The van der Waals surface area contributed by atoms with Gasteiger partial charge in [-0.15, -0.1) is 0 Å². The molecule has 0 radical (unpaired) electrons. The molecule has 2 heterocycles. The van der Waals surface area contributed by atoms with Crippen molar-refractivity contribution in [2.24, 2.45) is 10.9 Å². The number of hydrogen-bond acceptors (Lipinski definition) is 4. The van der Waals surface area contributed by atoms with Gasteiger partial charge in [0.05, 0.1) is 6.54 Å². The molecule has 2 rings (SSSR count).